The first-order valence-corrected chi connectivity index (χ1v) is 7.34. The predicted octanol–water partition coefficient (Wildman–Crippen LogP) is 3.96. The SMILES string of the molecule is CC1Cc2cc(C(N)c3c(F)cccc3Br)ccc2O1. The van der Waals surface area contributed by atoms with E-state index in [1.807, 2.05) is 25.1 Å². The van der Waals surface area contributed by atoms with E-state index in [0.717, 1.165) is 23.3 Å². The molecule has 0 radical (unpaired) electrons. The molecule has 20 heavy (non-hydrogen) atoms. The second kappa shape index (κ2) is 5.19. The van der Waals surface area contributed by atoms with Crippen LogP contribution in [0.5, 0.6) is 5.75 Å². The standard InChI is InChI=1S/C16H15BrFNO/c1-9-7-11-8-10(5-6-14(11)20-9)16(19)15-12(17)3-2-4-13(15)18/h2-6,8-9,16H,7,19H2,1H3. The van der Waals surface area contributed by atoms with Crippen molar-refractivity contribution in [3.05, 3.63) is 63.4 Å². The minimum atomic E-state index is -0.494. The highest BCUT2D eigenvalue weighted by Crippen LogP contribution is 2.34. The summed E-state index contributed by atoms with van der Waals surface area (Å²) >= 11 is 3.37. The molecule has 1 aliphatic heterocycles. The van der Waals surface area contributed by atoms with E-state index >= 15 is 0 Å². The van der Waals surface area contributed by atoms with Crippen LogP contribution < -0.4 is 10.5 Å². The second-order valence-electron chi connectivity index (χ2n) is 5.11. The van der Waals surface area contributed by atoms with Gasteiger partial charge in [-0.05, 0) is 36.2 Å². The maximum atomic E-state index is 14.0. The minimum Gasteiger partial charge on any atom is -0.490 e. The zero-order chi connectivity index (χ0) is 14.3. The molecule has 104 valence electrons. The van der Waals surface area contributed by atoms with Gasteiger partial charge in [-0.2, -0.15) is 0 Å². The average Bonchev–Trinajstić information content (AvgIpc) is 2.77. The average molecular weight is 336 g/mol. The van der Waals surface area contributed by atoms with Gasteiger partial charge in [-0.1, -0.05) is 34.1 Å². The van der Waals surface area contributed by atoms with E-state index in [-0.39, 0.29) is 11.9 Å². The minimum absolute atomic E-state index is 0.191. The molecule has 0 saturated heterocycles. The summed E-state index contributed by atoms with van der Waals surface area (Å²) in [4.78, 5) is 0. The van der Waals surface area contributed by atoms with Gasteiger partial charge in [-0.25, -0.2) is 4.39 Å². The fourth-order valence-electron chi connectivity index (χ4n) is 2.61. The van der Waals surface area contributed by atoms with Crippen LogP contribution in [0.1, 0.15) is 29.7 Å². The number of benzene rings is 2. The van der Waals surface area contributed by atoms with Crippen LogP contribution in [0.2, 0.25) is 0 Å². The van der Waals surface area contributed by atoms with Crippen molar-refractivity contribution in [3.8, 4) is 5.75 Å². The lowest BCUT2D eigenvalue weighted by molar-refractivity contribution is 0.254. The molecule has 0 amide bonds. The Morgan fingerprint density at radius 1 is 1.35 bits per heavy atom. The Labute approximate surface area is 125 Å². The van der Waals surface area contributed by atoms with Gasteiger partial charge in [-0.15, -0.1) is 0 Å². The highest BCUT2D eigenvalue weighted by molar-refractivity contribution is 9.10. The van der Waals surface area contributed by atoms with Crippen LogP contribution in [-0.2, 0) is 6.42 Å². The van der Waals surface area contributed by atoms with E-state index in [2.05, 4.69) is 15.9 Å². The highest BCUT2D eigenvalue weighted by Gasteiger charge is 2.22. The number of ether oxygens (including phenoxy) is 1. The molecule has 0 spiro atoms. The molecule has 1 aliphatic rings. The van der Waals surface area contributed by atoms with Crippen LogP contribution in [0, 0.1) is 5.82 Å². The maximum absolute atomic E-state index is 14.0. The second-order valence-corrected chi connectivity index (χ2v) is 5.97. The smallest absolute Gasteiger partial charge is 0.129 e. The Bertz CT molecular complexity index is 639. The molecule has 2 atom stereocenters. The first-order chi connectivity index (χ1) is 9.56. The topological polar surface area (TPSA) is 35.2 Å². The van der Waals surface area contributed by atoms with E-state index < -0.39 is 6.04 Å². The van der Waals surface area contributed by atoms with Crippen LogP contribution in [-0.4, -0.2) is 6.10 Å². The molecule has 0 aromatic heterocycles. The summed E-state index contributed by atoms with van der Waals surface area (Å²) < 4.78 is 20.3. The third kappa shape index (κ3) is 2.34. The third-order valence-electron chi connectivity index (χ3n) is 3.59. The van der Waals surface area contributed by atoms with Crippen LogP contribution >= 0.6 is 15.9 Å². The molecule has 4 heteroatoms. The largest absolute Gasteiger partial charge is 0.490 e. The maximum Gasteiger partial charge on any atom is 0.129 e. The number of fused-ring (bicyclic) bond motifs is 1. The Morgan fingerprint density at radius 3 is 2.90 bits per heavy atom. The van der Waals surface area contributed by atoms with Crippen molar-refractivity contribution in [3.63, 3.8) is 0 Å². The lowest BCUT2D eigenvalue weighted by Crippen LogP contribution is -2.14. The van der Waals surface area contributed by atoms with E-state index in [1.54, 1.807) is 12.1 Å². The van der Waals surface area contributed by atoms with Gasteiger partial charge in [0.25, 0.3) is 0 Å². The summed E-state index contributed by atoms with van der Waals surface area (Å²) in [7, 11) is 0. The summed E-state index contributed by atoms with van der Waals surface area (Å²) in [6, 6.07) is 10.2. The fraction of sp³-hybridized carbons (Fsp3) is 0.250. The number of nitrogens with two attached hydrogens (primary N) is 1. The molecule has 2 N–H and O–H groups in total. The van der Waals surface area contributed by atoms with Gasteiger partial charge < -0.3 is 10.5 Å². The molecule has 2 nitrogen and oxygen atoms in total. The molecule has 1 heterocycles. The quantitative estimate of drug-likeness (QED) is 0.901. The Kier molecular flexibility index (Phi) is 3.52. The van der Waals surface area contributed by atoms with Gasteiger partial charge in [0.05, 0.1) is 6.04 Å². The van der Waals surface area contributed by atoms with E-state index in [1.165, 1.54) is 6.07 Å². The lowest BCUT2D eigenvalue weighted by Gasteiger charge is -2.16. The Hall–Kier alpha value is -1.39. The fourth-order valence-corrected chi connectivity index (χ4v) is 3.20. The van der Waals surface area contributed by atoms with Gasteiger partial charge in [0.2, 0.25) is 0 Å². The Balaban J connectivity index is 2.00. The molecule has 2 aromatic carbocycles. The van der Waals surface area contributed by atoms with Gasteiger partial charge in [0.15, 0.2) is 0 Å². The van der Waals surface area contributed by atoms with Crippen LogP contribution in [0.3, 0.4) is 0 Å². The van der Waals surface area contributed by atoms with Gasteiger partial charge in [0.1, 0.15) is 17.7 Å². The summed E-state index contributed by atoms with van der Waals surface area (Å²) in [5.74, 6) is 0.609. The predicted molar refractivity (Wildman–Crippen MR) is 80.4 cm³/mol. The number of hydrogen-bond acceptors (Lipinski definition) is 2. The third-order valence-corrected chi connectivity index (χ3v) is 4.28. The summed E-state index contributed by atoms with van der Waals surface area (Å²) in [6.45, 7) is 2.03. The molecule has 0 bridgehead atoms. The first-order valence-electron chi connectivity index (χ1n) is 6.55. The molecule has 0 fully saturated rings. The number of halogens is 2. The Morgan fingerprint density at radius 2 is 2.15 bits per heavy atom. The van der Waals surface area contributed by atoms with Gasteiger partial charge >= 0.3 is 0 Å². The van der Waals surface area contributed by atoms with Crippen molar-refractivity contribution in [2.45, 2.75) is 25.5 Å². The number of hydrogen-bond donors (Lipinski definition) is 1. The lowest BCUT2D eigenvalue weighted by atomic mass is 9.96. The first kappa shape index (κ1) is 13.6. The monoisotopic (exact) mass is 335 g/mol. The molecule has 3 rings (SSSR count). The van der Waals surface area contributed by atoms with Crippen molar-refractivity contribution < 1.29 is 9.13 Å². The van der Waals surface area contributed by atoms with Crippen molar-refractivity contribution in [1.29, 1.82) is 0 Å². The summed E-state index contributed by atoms with van der Waals surface area (Å²) in [5.41, 5.74) is 8.75. The van der Waals surface area contributed by atoms with Crippen LogP contribution in [0.15, 0.2) is 40.9 Å². The summed E-state index contributed by atoms with van der Waals surface area (Å²) in [5, 5.41) is 0. The van der Waals surface area contributed by atoms with Crippen molar-refractivity contribution in [2.75, 3.05) is 0 Å². The molecular formula is C16H15BrFNO. The van der Waals surface area contributed by atoms with Crippen molar-refractivity contribution >= 4 is 15.9 Å². The van der Waals surface area contributed by atoms with Crippen molar-refractivity contribution in [1.82, 2.24) is 0 Å². The van der Waals surface area contributed by atoms with E-state index in [9.17, 15) is 4.39 Å². The zero-order valence-corrected chi connectivity index (χ0v) is 12.7. The van der Waals surface area contributed by atoms with Gasteiger partial charge in [0, 0.05) is 16.5 Å². The normalized spacial score (nSPS) is 18.5. The van der Waals surface area contributed by atoms with Crippen LogP contribution in [0.4, 0.5) is 4.39 Å². The molecule has 0 aliphatic carbocycles. The number of rotatable bonds is 2. The molecule has 2 unspecified atom stereocenters. The molecular weight excluding hydrogens is 321 g/mol. The van der Waals surface area contributed by atoms with E-state index in [4.69, 9.17) is 10.5 Å². The molecule has 2 aromatic rings. The molecule has 0 saturated carbocycles. The van der Waals surface area contributed by atoms with Crippen molar-refractivity contribution in [2.24, 2.45) is 5.73 Å². The van der Waals surface area contributed by atoms with Gasteiger partial charge in [-0.3, -0.25) is 0 Å². The highest BCUT2D eigenvalue weighted by atomic mass is 79.9. The van der Waals surface area contributed by atoms with Crippen LogP contribution in [0.25, 0.3) is 0 Å². The van der Waals surface area contributed by atoms with E-state index in [0.29, 0.717) is 10.0 Å². The zero-order valence-electron chi connectivity index (χ0n) is 11.1. The summed E-state index contributed by atoms with van der Waals surface area (Å²) in [6.07, 6.45) is 1.06.